The van der Waals surface area contributed by atoms with E-state index in [0.717, 1.165) is 23.6 Å². The van der Waals surface area contributed by atoms with E-state index in [2.05, 4.69) is 18.9 Å². The lowest BCUT2D eigenvalue weighted by atomic mass is 10.2. The zero-order valence-corrected chi connectivity index (χ0v) is 11.1. The summed E-state index contributed by atoms with van der Waals surface area (Å²) in [6, 6.07) is 6.32. The van der Waals surface area contributed by atoms with Gasteiger partial charge in [-0.05, 0) is 32.0 Å². The molecule has 0 aliphatic rings. The van der Waals surface area contributed by atoms with Crippen LogP contribution in [0.4, 0.5) is 5.69 Å². The van der Waals surface area contributed by atoms with Gasteiger partial charge >= 0.3 is 0 Å². The van der Waals surface area contributed by atoms with Crippen molar-refractivity contribution >= 4 is 5.69 Å². The van der Waals surface area contributed by atoms with Gasteiger partial charge in [-0.3, -0.25) is 0 Å². The van der Waals surface area contributed by atoms with Crippen molar-refractivity contribution in [3.8, 4) is 11.5 Å². The summed E-state index contributed by atoms with van der Waals surface area (Å²) < 4.78 is 10.5. The molecule has 0 heterocycles. The molecular formula is C13H22N2O2. The molecule has 0 amide bonds. The molecule has 1 rings (SSSR count). The topological polar surface area (TPSA) is 47.7 Å². The first kappa shape index (κ1) is 13.6. The standard InChI is InChI=1S/C13H22N2O2/c1-10(7-8-14)15(2)11-5-6-12(16-3)13(9-11)17-4/h5-6,9-10H,7-8,14H2,1-4H3. The molecule has 0 fully saturated rings. The van der Waals surface area contributed by atoms with Crippen LogP contribution in [-0.2, 0) is 0 Å². The van der Waals surface area contributed by atoms with Crippen molar-refractivity contribution in [3.05, 3.63) is 18.2 Å². The van der Waals surface area contributed by atoms with Gasteiger partial charge < -0.3 is 20.1 Å². The summed E-state index contributed by atoms with van der Waals surface area (Å²) in [5, 5.41) is 0. The minimum Gasteiger partial charge on any atom is -0.493 e. The summed E-state index contributed by atoms with van der Waals surface area (Å²) in [5.74, 6) is 1.49. The maximum Gasteiger partial charge on any atom is 0.162 e. The molecule has 0 radical (unpaired) electrons. The van der Waals surface area contributed by atoms with Crippen molar-refractivity contribution in [1.29, 1.82) is 0 Å². The number of rotatable bonds is 6. The summed E-state index contributed by atoms with van der Waals surface area (Å²) in [7, 11) is 5.34. The van der Waals surface area contributed by atoms with Gasteiger partial charge in [-0.25, -0.2) is 0 Å². The van der Waals surface area contributed by atoms with Crippen LogP contribution < -0.4 is 20.1 Å². The van der Waals surface area contributed by atoms with E-state index < -0.39 is 0 Å². The third-order valence-corrected chi connectivity index (χ3v) is 3.02. The largest absolute Gasteiger partial charge is 0.493 e. The fourth-order valence-electron chi connectivity index (χ4n) is 1.73. The maximum atomic E-state index is 5.58. The number of ether oxygens (including phenoxy) is 2. The van der Waals surface area contributed by atoms with Crippen molar-refractivity contribution in [2.75, 3.05) is 32.7 Å². The van der Waals surface area contributed by atoms with Gasteiger partial charge in [0.25, 0.3) is 0 Å². The molecule has 96 valence electrons. The number of nitrogens with two attached hydrogens (primary N) is 1. The Balaban J connectivity index is 2.91. The molecular weight excluding hydrogens is 216 g/mol. The predicted molar refractivity (Wildman–Crippen MR) is 71.1 cm³/mol. The average Bonchev–Trinajstić information content (AvgIpc) is 2.37. The highest BCUT2D eigenvalue weighted by Crippen LogP contribution is 2.31. The fourth-order valence-corrected chi connectivity index (χ4v) is 1.73. The van der Waals surface area contributed by atoms with Crippen molar-refractivity contribution in [2.24, 2.45) is 5.73 Å². The molecule has 4 nitrogen and oxygen atoms in total. The highest BCUT2D eigenvalue weighted by molar-refractivity contribution is 5.56. The lowest BCUT2D eigenvalue weighted by Crippen LogP contribution is -2.30. The van der Waals surface area contributed by atoms with Crippen molar-refractivity contribution in [3.63, 3.8) is 0 Å². The van der Waals surface area contributed by atoms with Gasteiger partial charge in [0.2, 0.25) is 0 Å². The van der Waals surface area contributed by atoms with E-state index >= 15 is 0 Å². The monoisotopic (exact) mass is 238 g/mol. The van der Waals surface area contributed by atoms with E-state index in [1.54, 1.807) is 14.2 Å². The molecule has 0 saturated carbocycles. The third-order valence-electron chi connectivity index (χ3n) is 3.02. The molecule has 0 aliphatic heterocycles. The van der Waals surface area contributed by atoms with Gasteiger partial charge in [-0.2, -0.15) is 0 Å². The summed E-state index contributed by atoms with van der Waals surface area (Å²) in [4.78, 5) is 2.19. The van der Waals surface area contributed by atoms with Gasteiger partial charge in [-0.1, -0.05) is 0 Å². The van der Waals surface area contributed by atoms with E-state index in [4.69, 9.17) is 15.2 Å². The van der Waals surface area contributed by atoms with Crippen LogP contribution in [-0.4, -0.2) is 33.9 Å². The van der Waals surface area contributed by atoms with Crippen molar-refractivity contribution in [2.45, 2.75) is 19.4 Å². The van der Waals surface area contributed by atoms with Crippen LogP contribution in [0.1, 0.15) is 13.3 Å². The SMILES string of the molecule is COc1ccc(N(C)C(C)CCN)cc1OC. The first-order chi connectivity index (χ1) is 8.13. The zero-order valence-electron chi connectivity index (χ0n) is 11.1. The molecule has 1 atom stereocenters. The number of hydrogen-bond donors (Lipinski definition) is 1. The van der Waals surface area contributed by atoms with E-state index in [0.29, 0.717) is 12.6 Å². The lowest BCUT2D eigenvalue weighted by molar-refractivity contribution is 0.355. The summed E-state index contributed by atoms with van der Waals surface area (Å²) >= 11 is 0. The Morgan fingerprint density at radius 1 is 1.24 bits per heavy atom. The summed E-state index contributed by atoms with van der Waals surface area (Å²) in [6.07, 6.45) is 0.963. The molecule has 17 heavy (non-hydrogen) atoms. The number of nitrogens with zero attached hydrogens (tertiary/aromatic N) is 1. The molecule has 0 bridgehead atoms. The predicted octanol–water partition coefficient (Wildman–Crippen LogP) is 1.88. The van der Waals surface area contributed by atoms with Crippen molar-refractivity contribution in [1.82, 2.24) is 0 Å². The van der Waals surface area contributed by atoms with Gasteiger partial charge in [-0.15, -0.1) is 0 Å². The van der Waals surface area contributed by atoms with E-state index in [9.17, 15) is 0 Å². The second-order valence-corrected chi connectivity index (χ2v) is 4.08. The molecule has 1 aromatic rings. The molecule has 4 heteroatoms. The van der Waals surface area contributed by atoms with Crippen LogP contribution in [0, 0.1) is 0 Å². The zero-order chi connectivity index (χ0) is 12.8. The van der Waals surface area contributed by atoms with Gasteiger partial charge in [0.05, 0.1) is 14.2 Å². The number of methoxy groups -OCH3 is 2. The Bertz CT molecular complexity index is 355. The second kappa shape index (κ2) is 6.35. The normalized spacial score (nSPS) is 12.1. The fraction of sp³-hybridized carbons (Fsp3) is 0.538. The third kappa shape index (κ3) is 3.27. The highest BCUT2D eigenvalue weighted by atomic mass is 16.5. The number of benzene rings is 1. The first-order valence-corrected chi connectivity index (χ1v) is 5.79. The molecule has 1 unspecified atom stereocenters. The first-order valence-electron chi connectivity index (χ1n) is 5.79. The summed E-state index contributed by atoms with van der Waals surface area (Å²) in [5.41, 5.74) is 6.68. The Morgan fingerprint density at radius 2 is 1.88 bits per heavy atom. The van der Waals surface area contributed by atoms with Crippen LogP contribution in [0.2, 0.25) is 0 Å². The molecule has 0 spiro atoms. The Labute approximate surface area is 103 Å². The molecule has 1 aromatic carbocycles. The molecule has 0 saturated heterocycles. The van der Waals surface area contributed by atoms with E-state index in [1.165, 1.54) is 0 Å². The van der Waals surface area contributed by atoms with E-state index in [-0.39, 0.29) is 0 Å². The van der Waals surface area contributed by atoms with Crippen LogP contribution in [0.15, 0.2) is 18.2 Å². The Morgan fingerprint density at radius 3 is 2.41 bits per heavy atom. The molecule has 0 aliphatic carbocycles. The minimum atomic E-state index is 0.401. The smallest absolute Gasteiger partial charge is 0.162 e. The highest BCUT2D eigenvalue weighted by Gasteiger charge is 2.12. The van der Waals surface area contributed by atoms with E-state index in [1.807, 2.05) is 18.2 Å². The van der Waals surface area contributed by atoms with Crippen LogP contribution in [0.5, 0.6) is 11.5 Å². The molecule has 0 aromatic heterocycles. The Hall–Kier alpha value is -1.42. The Kier molecular flexibility index (Phi) is 5.10. The van der Waals surface area contributed by atoms with Crippen LogP contribution >= 0.6 is 0 Å². The minimum absolute atomic E-state index is 0.401. The quantitative estimate of drug-likeness (QED) is 0.822. The number of hydrogen-bond acceptors (Lipinski definition) is 4. The van der Waals surface area contributed by atoms with Crippen molar-refractivity contribution < 1.29 is 9.47 Å². The van der Waals surface area contributed by atoms with Gasteiger partial charge in [0, 0.05) is 24.8 Å². The van der Waals surface area contributed by atoms with Crippen LogP contribution in [0.3, 0.4) is 0 Å². The van der Waals surface area contributed by atoms with Gasteiger partial charge in [0.1, 0.15) is 0 Å². The lowest BCUT2D eigenvalue weighted by Gasteiger charge is -2.27. The van der Waals surface area contributed by atoms with Crippen LogP contribution in [0.25, 0.3) is 0 Å². The molecule has 2 N–H and O–H groups in total. The van der Waals surface area contributed by atoms with Gasteiger partial charge in [0.15, 0.2) is 11.5 Å². The second-order valence-electron chi connectivity index (χ2n) is 4.08. The number of anilines is 1. The average molecular weight is 238 g/mol. The summed E-state index contributed by atoms with van der Waals surface area (Å²) in [6.45, 7) is 2.85. The maximum absolute atomic E-state index is 5.58.